The number of rotatable bonds is 2. The van der Waals surface area contributed by atoms with E-state index in [1.54, 1.807) is 0 Å². The predicted molar refractivity (Wildman–Crippen MR) is 38.2 cm³/mol. The molecule has 1 N–H and O–H groups in total. The monoisotopic (exact) mass is 175 g/mol. The van der Waals surface area contributed by atoms with E-state index in [1.807, 2.05) is 0 Å². The van der Waals surface area contributed by atoms with E-state index in [-0.39, 0.29) is 0 Å². The van der Waals surface area contributed by atoms with Crippen molar-refractivity contribution in [3.8, 4) is 0 Å². The zero-order valence-corrected chi connectivity index (χ0v) is 7.00. The molecule has 0 aromatic carbocycles. The first-order valence-electron chi connectivity index (χ1n) is 3.43. The van der Waals surface area contributed by atoms with Crippen molar-refractivity contribution in [3.05, 3.63) is 0 Å². The fraction of sp³-hybridized carbons (Fsp3) is 1.00. The first kappa shape index (κ1) is 13.3. The Labute approximate surface area is 64.5 Å². The van der Waals surface area contributed by atoms with Crippen molar-refractivity contribution in [2.45, 2.75) is 13.3 Å². The molecule has 0 spiro atoms. The molecule has 70 valence electrons. The van der Waals surface area contributed by atoms with Crippen molar-refractivity contribution in [3.63, 3.8) is 0 Å². The summed E-state index contributed by atoms with van der Waals surface area (Å²) in [7, 11) is -1.66. The van der Waals surface area contributed by atoms with Crippen LogP contribution < -0.4 is 4.90 Å². The average molecular weight is 175 g/mol. The summed E-state index contributed by atoms with van der Waals surface area (Å²) in [6, 6.07) is 0. The van der Waals surface area contributed by atoms with Gasteiger partial charge in [-0.25, -0.2) is 0 Å². The van der Waals surface area contributed by atoms with Gasteiger partial charge in [-0.15, -0.1) is 0 Å². The van der Waals surface area contributed by atoms with Gasteiger partial charge in [-0.3, -0.25) is 0 Å². The van der Waals surface area contributed by atoms with Gasteiger partial charge < -0.3 is 22.2 Å². The number of quaternary nitrogens is 1. The Balaban J connectivity index is 0. The Morgan fingerprint density at radius 1 is 1.09 bits per heavy atom. The average Bonchev–Trinajstić information content (AvgIpc) is 1.58. The van der Waals surface area contributed by atoms with E-state index in [0.29, 0.717) is 0 Å². The molecule has 0 amide bonds. The molecule has 0 saturated carbocycles. The maximum atomic E-state index is 9.75. The van der Waals surface area contributed by atoms with E-state index < -0.39 is 7.25 Å². The lowest BCUT2D eigenvalue weighted by Crippen LogP contribution is -3.05. The summed E-state index contributed by atoms with van der Waals surface area (Å²) in [5, 5.41) is 0. The van der Waals surface area contributed by atoms with Gasteiger partial charge in [0.2, 0.25) is 0 Å². The minimum atomic E-state index is -6.00. The molecule has 0 aromatic rings. The van der Waals surface area contributed by atoms with Gasteiger partial charge in [-0.05, 0) is 6.42 Å². The lowest BCUT2D eigenvalue weighted by Gasteiger charge is -2.01. The summed E-state index contributed by atoms with van der Waals surface area (Å²) in [6.45, 7) is 3.49. The molecule has 0 aliphatic rings. The van der Waals surface area contributed by atoms with Crippen LogP contribution >= 0.6 is 0 Å². The molecule has 1 nitrogen and oxygen atoms in total. The van der Waals surface area contributed by atoms with E-state index in [1.165, 1.54) is 17.9 Å². The molecule has 0 fully saturated rings. The van der Waals surface area contributed by atoms with Gasteiger partial charge >= 0.3 is 7.25 Å². The maximum absolute atomic E-state index is 9.75. The summed E-state index contributed by atoms with van der Waals surface area (Å²) in [5.74, 6) is 0. The number of halogens is 4. The van der Waals surface area contributed by atoms with Crippen molar-refractivity contribution in [1.82, 2.24) is 0 Å². The zero-order valence-electron chi connectivity index (χ0n) is 7.00. The Morgan fingerprint density at radius 2 is 1.36 bits per heavy atom. The normalized spacial score (nSPS) is 10.9. The fourth-order valence-corrected chi connectivity index (χ4v) is 0.500. The van der Waals surface area contributed by atoms with Gasteiger partial charge in [0.15, 0.2) is 0 Å². The van der Waals surface area contributed by atoms with E-state index in [9.17, 15) is 17.3 Å². The lowest BCUT2D eigenvalue weighted by atomic mass is 10.3. The molecule has 0 unspecified atom stereocenters. The van der Waals surface area contributed by atoms with E-state index >= 15 is 0 Å². The van der Waals surface area contributed by atoms with Crippen molar-refractivity contribution < 1.29 is 22.2 Å². The van der Waals surface area contributed by atoms with E-state index in [2.05, 4.69) is 21.0 Å². The van der Waals surface area contributed by atoms with E-state index in [4.69, 9.17) is 0 Å². The van der Waals surface area contributed by atoms with Crippen LogP contribution in [0.4, 0.5) is 17.3 Å². The summed E-state index contributed by atoms with van der Waals surface area (Å²) in [6.07, 6.45) is 1.29. The Morgan fingerprint density at radius 3 is 1.36 bits per heavy atom. The highest BCUT2D eigenvalue weighted by Gasteiger charge is 2.20. The number of nitrogens with one attached hydrogen (secondary N) is 1. The molecule has 0 saturated heterocycles. The van der Waals surface area contributed by atoms with Gasteiger partial charge in [-0.2, -0.15) is 0 Å². The van der Waals surface area contributed by atoms with Gasteiger partial charge in [0.1, 0.15) is 0 Å². The number of hydrogen-bond donors (Lipinski definition) is 1. The largest absolute Gasteiger partial charge is 0.673 e. The third-order valence-electron chi connectivity index (χ3n) is 0.750. The van der Waals surface area contributed by atoms with Gasteiger partial charge in [0.25, 0.3) is 0 Å². The van der Waals surface area contributed by atoms with Crippen molar-refractivity contribution in [2.24, 2.45) is 0 Å². The van der Waals surface area contributed by atoms with Gasteiger partial charge in [-0.1, -0.05) is 6.92 Å². The second-order valence-corrected chi connectivity index (χ2v) is 2.45. The van der Waals surface area contributed by atoms with Crippen molar-refractivity contribution >= 4 is 7.25 Å². The topological polar surface area (TPSA) is 4.44 Å². The standard InChI is InChI=1S/C5H13N.BF4/c1-4-5-6(2)3;2-1(3,4)5/h4-5H2,1-3H3;/q;-1/p+1. The highest BCUT2D eigenvalue weighted by molar-refractivity contribution is 6.50. The molecule has 11 heavy (non-hydrogen) atoms. The van der Waals surface area contributed by atoms with Gasteiger partial charge in [0.05, 0.1) is 20.6 Å². The zero-order chi connectivity index (χ0) is 9.49. The molecular formula is C5H14BF4N. The van der Waals surface area contributed by atoms with Crippen LogP contribution in [0.3, 0.4) is 0 Å². The molecule has 0 rings (SSSR count). The van der Waals surface area contributed by atoms with Crippen LogP contribution in [-0.4, -0.2) is 27.9 Å². The van der Waals surface area contributed by atoms with Crippen LogP contribution in [0.1, 0.15) is 13.3 Å². The summed E-state index contributed by atoms with van der Waals surface area (Å²) in [5.41, 5.74) is 0. The molecule has 0 heterocycles. The van der Waals surface area contributed by atoms with Crippen LogP contribution in [0.25, 0.3) is 0 Å². The molecule has 0 bridgehead atoms. The third-order valence-corrected chi connectivity index (χ3v) is 0.750. The Bertz CT molecular complexity index is 77.0. The predicted octanol–water partition coefficient (Wildman–Crippen LogP) is 0.841. The third kappa shape index (κ3) is 77.6. The minimum absolute atomic E-state index is 1.29. The molecule has 6 heteroatoms. The number of hydrogen-bond acceptors (Lipinski definition) is 0. The SMILES string of the molecule is CCC[NH+](C)C.F[B-](F)(F)F. The lowest BCUT2D eigenvalue weighted by molar-refractivity contribution is -0.858. The molecule has 0 atom stereocenters. The van der Waals surface area contributed by atoms with Crippen molar-refractivity contribution in [2.75, 3.05) is 20.6 Å². The van der Waals surface area contributed by atoms with Crippen LogP contribution in [0.2, 0.25) is 0 Å². The van der Waals surface area contributed by atoms with E-state index in [0.717, 1.165) is 0 Å². The summed E-state index contributed by atoms with van der Waals surface area (Å²) >= 11 is 0. The molecule has 0 aliphatic heterocycles. The smallest absolute Gasteiger partial charge is 0.418 e. The van der Waals surface area contributed by atoms with Crippen LogP contribution in [-0.2, 0) is 0 Å². The van der Waals surface area contributed by atoms with Crippen LogP contribution in [0, 0.1) is 0 Å². The second-order valence-electron chi connectivity index (χ2n) is 2.45. The summed E-state index contributed by atoms with van der Waals surface area (Å²) < 4.78 is 39.0. The highest BCUT2D eigenvalue weighted by Crippen LogP contribution is 2.06. The highest BCUT2D eigenvalue weighted by atomic mass is 19.5. The second kappa shape index (κ2) is 6.45. The molecule has 0 aliphatic carbocycles. The first-order valence-corrected chi connectivity index (χ1v) is 3.43. The Hall–Kier alpha value is -0.255. The minimum Gasteiger partial charge on any atom is -0.418 e. The van der Waals surface area contributed by atoms with Crippen LogP contribution in [0.5, 0.6) is 0 Å². The molecular weight excluding hydrogens is 161 g/mol. The quantitative estimate of drug-likeness (QED) is 0.468. The fourth-order valence-electron chi connectivity index (χ4n) is 0.500. The molecule has 0 aromatic heterocycles. The first-order chi connectivity index (χ1) is 4.77. The molecule has 0 radical (unpaired) electrons. The van der Waals surface area contributed by atoms with Crippen molar-refractivity contribution in [1.29, 1.82) is 0 Å². The summed E-state index contributed by atoms with van der Waals surface area (Å²) in [4.78, 5) is 1.54. The van der Waals surface area contributed by atoms with Crippen LogP contribution in [0.15, 0.2) is 0 Å². The maximum Gasteiger partial charge on any atom is 0.673 e. The Kier molecular flexibility index (Phi) is 7.83. The van der Waals surface area contributed by atoms with Gasteiger partial charge in [0, 0.05) is 0 Å².